The molecule has 5 heteroatoms. The van der Waals surface area contributed by atoms with Crippen LogP contribution in [0.5, 0.6) is 17.2 Å². The molecule has 0 saturated carbocycles. The second kappa shape index (κ2) is 19.2. The molecule has 0 amide bonds. The Morgan fingerprint density at radius 3 is 1.31 bits per heavy atom. The topological polar surface area (TPSA) is 65.0 Å². The van der Waals surface area contributed by atoms with Gasteiger partial charge in [0, 0.05) is 0 Å². The largest absolute Gasteiger partial charge is 0.490 e. The van der Waals surface area contributed by atoms with Crippen LogP contribution >= 0.6 is 0 Å². The van der Waals surface area contributed by atoms with Crippen molar-refractivity contribution < 1.29 is 24.1 Å². The molecule has 0 spiro atoms. The summed E-state index contributed by atoms with van der Waals surface area (Å²) in [6.07, 6.45) is 13.4. The molecule has 0 aliphatic heterocycles. The van der Waals surface area contributed by atoms with Crippen molar-refractivity contribution in [2.24, 2.45) is 17.8 Å². The Balaban J connectivity index is 2.84. The van der Waals surface area contributed by atoms with Crippen LogP contribution in [0.4, 0.5) is 0 Å². The van der Waals surface area contributed by atoms with Gasteiger partial charge in [-0.2, -0.15) is 0 Å². The molecule has 36 heavy (non-hydrogen) atoms. The molecule has 0 heterocycles. The molecule has 0 aromatic heterocycles. The Bertz CT molecular complexity index is 670. The third-order valence-corrected chi connectivity index (χ3v) is 6.31. The summed E-state index contributed by atoms with van der Waals surface area (Å²) in [6.45, 7) is 15.1. The van der Waals surface area contributed by atoms with Gasteiger partial charge >= 0.3 is 5.97 Å². The summed E-state index contributed by atoms with van der Waals surface area (Å²) < 4.78 is 18.4. The third-order valence-electron chi connectivity index (χ3n) is 6.31. The number of benzene rings is 1. The monoisotopic (exact) mass is 506 g/mol. The zero-order valence-corrected chi connectivity index (χ0v) is 24.1. The first-order chi connectivity index (χ1) is 17.2. The quantitative estimate of drug-likeness (QED) is 0.159. The van der Waals surface area contributed by atoms with Crippen molar-refractivity contribution in [2.45, 2.75) is 119 Å². The van der Waals surface area contributed by atoms with Gasteiger partial charge in [-0.15, -0.1) is 0 Å². The predicted octanol–water partition coefficient (Wildman–Crippen LogP) is 9.17. The molecule has 1 aromatic rings. The Morgan fingerprint density at radius 1 is 0.611 bits per heavy atom. The second-order valence-corrected chi connectivity index (χ2v) is 11.4. The van der Waals surface area contributed by atoms with E-state index in [4.69, 9.17) is 14.2 Å². The zero-order chi connectivity index (χ0) is 26.8. The third kappa shape index (κ3) is 15.3. The molecule has 0 atom stereocenters. The van der Waals surface area contributed by atoms with Crippen molar-refractivity contribution in [3.63, 3.8) is 0 Å². The van der Waals surface area contributed by atoms with Crippen molar-refractivity contribution in [1.29, 1.82) is 0 Å². The molecular formula is C31H54O5. The van der Waals surface area contributed by atoms with Gasteiger partial charge in [-0.3, -0.25) is 0 Å². The highest BCUT2D eigenvalue weighted by molar-refractivity contribution is 5.89. The molecule has 208 valence electrons. The molecule has 0 unspecified atom stereocenters. The van der Waals surface area contributed by atoms with Gasteiger partial charge in [-0.05, 0) is 49.1 Å². The van der Waals surface area contributed by atoms with Crippen LogP contribution in [0.25, 0.3) is 0 Å². The van der Waals surface area contributed by atoms with Crippen LogP contribution in [0.2, 0.25) is 0 Å². The van der Waals surface area contributed by atoms with Crippen molar-refractivity contribution in [2.75, 3.05) is 19.8 Å². The standard InChI is InChI=1S/C31H54O5/c1-24(2)16-10-7-13-19-34-28-22-27(31(32)33)23-29(35-20-14-8-11-17-25(3)4)30(28)36-21-15-9-12-18-26(5)6/h22-26H,7-21H2,1-6H3,(H,32,33). The Kier molecular flexibility index (Phi) is 17.2. The summed E-state index contributed by atoms with van der Waals surface area (Å²) in [4.78, 5) is 11.8. The molecule has 0 fully saturated rings. The van der Waals surface area contributed by atoms with Crippen LogP contribution in [0, 0.1) is 17.8 Å². The average molecular weight is 507 g/mol. The van der Waals surface area contributed by atoms with E-state index in [0.29, 0.717) is 48.9 Å². The van der Waals surface area contributed by atoms with Gasteiger partial charge in [0.15, 0.2) is 11.5 Å². The summed E-state index contributed by atoms with van der Waals surface area (Å²) in [5.74, 6) is 2.67. The second-order valence-electron chi connectivity index (χ2n) is 11.4. The molecule has 1 rings (SSSR count). The van der Waals surface area contributed by atoms with Crippen molar-refractivity contribution >= 4 is 5.97 Å². The molecule has 0 aliphatic rings. The average Bonchev–Trinajstić information content (AvgIpc) is 2.80. The summed E-state index contributed by atoms with van der Waals surface area (Å²) in [6, 6.07) is 3.17. The maximum absolute atomic E-state index is 11.8. The van der Waals surface area contributed by atoms with E-state index in [0.717, 1.165) is 44.4 Å². The lowest BCUT2D eigenvalue weighted by molar-refractivity contribution is 0.0695. The van der Waals surface area contributed by atoms with Crippen LogP contribution < -0.4 is 14.2 Å². The molecular weight excluding hydrogens is 452 g/mol. The lowest BCUT2D eigenvalue weighted by Gasteiger charge is -2.18. The van der Waals surface area contributed by atoms with E-state index >= 15 is 0 Å². The van der Waals surface area contributed by atoms with Crippen LogP contribution in [0.3, 0.4) is 0 Å². The summed E-state index contributed by atoms with van der Waals surface area (Å²) in [7, 11) is 0. The van der Waals surface area contributed by atoms with Crippen LogP contribution in [0.1, 0.15) is 129 Å². The first-order valence-corrected chi connectivity index (χ1v) is 14.5. The number of carboxylic acids is 1. The van der Waals surface area contributed by atoms with E-state index in [1.807, 2.05) is 0 Å². The molecule has 5 nitrogen and oxygen atoms in total. The van der Waals surface area contributed by atoms with Crippen LogP contribution in [0.15, 0.2) is 12.1 Å². The Hall–Kier alpha value is -1.91. The first kappa shape index (κ1) is 32.1. The minimum absolute atomic E-state index is 0.170. The van der Waals surface area contributed by atoms with Gasteiger partial charge in [-0.25, -0.2) is 4.79 Å². The molecule has 0 aliphatic carbocycles. The van der Waals surface area contributed by atoms with E-state index in [-0.39, 0.29) is 5.56 Å². The summed E-state index contributed by atoms with van der Waals surface area (Å²) in [5.41, 5.74) is 0.170. The lowest BCUT2D eigenvalue weighted by Crippen LogP contribution is -2.08. The van der Waals surface area contributed by atoms with Crippen molar-refractivity contribution in [1.82, 2.24) is 0 Å². The first-order valence-electron chi connectivity index (χ1n) is 14.5. The number of hydrogen-bond donors (Lipinski definition) is 1. The minimum atomic E-state index is -0.987. The molecule has 1 aromatic carbocycles. The fourth-order valence-electron chi connectivity index (χ4n) is 4.09. The molecule has 0 saturated heterocycles. The van der Waals surface area contributed by atoms with E-state index < -0.39 is 5.97 Å². The number of carbonyl (C=O) groups is 1. The Morgan fingerprint density at radius 2 is 0.972 bits per heavy atom. The zero-order valence-electron chi connectivity index (χ0n) is 24.1. The van der Waals surface area contributed by atoms with Gasteiger partial charge in [0.2, 0.25) is 5.75 Å². The SMILES string of the molecule is CC(C)CCCCCOc1cc(C(=O)O)cc(OCCCCCC(C)C)c1OCCCCCC(C)C. The summed E-state index contributed by atoms with van der Waals surface area (Å²) >= 11 is 0. The van der Waals surface area contributed by atoms with Gasteiger partial charge in [0.1, 0.15) is 0 Å². The van der Waals surface area contributed by atoms with Gasteiger partial charge in [-0.1, -0.05) is 99.3 Å². The van der Waals surface area contributed by atoms with E-state index in [2.05, 4.69) is 41.5 Å². The highest BCUT2D eigenvalue weighted by Gasteiger charge is 2.19. The normalized spacial score (nSPS) is 11.5. The maximum Gasteiger partial charge on any atom is 0.335 e. The number of aromatic carboxylic acids is 1. The van der Waals surface area contributed by atoms with Crippen molar-refractivity contribution in [3.8, 4) is 17.2 Å². The highest BCUT2D eigenvalue weighted by Crippen LogP contribution is 2.39. The number of rotatable bonds is 22. The molecule has 1 N–H and O–H groups in total. The fraction of sp³-hybridized carbons (Fsp3) is 0.774. The van der Waals surface area contributed by atoms with E-state index in [9.17, 15) is 9.90 Å². The van der Waals surface area contributed by atoms with Gasteiger partial charge < -0.3 is 19.3 Å². The van der Waals surface area contributed by atoms with Crippen LogP contribution in [-0.4, -0.2) is 30.9 Å². The maximum atomic E-state index is 11.8. The Labute approximate surface area is 221 Å². The molecule has 0 bridgehead atoms. The molecule has 0 radical (unpaired) electrons. The van der Waals surface area contributed by atoms with E-state index in [1.165, 1.54) is 38.5 Å². The summed E-state index contributed by atoms with van der Waals surface area (Å²) in [5, 5.41) is 9.68. The highest BCUT2D eigenvalue weighted by atomic mass is 16.5. The minimum Gasteiger partial charge on any atom is -0.490 e. The van der Waals surface area contributed by atoms with Crippen molar-refractivity contribution in [3.05, 3.63) is 17.7 Å². The van der Waals surface area contributed by atoms with Gasteiger partial charge in [0.05, 0.1) is 25.4 Å². The predicted molar refractivity (Wildman–Crippen MR) is 150 cm³/mol. The number of carboxylic acid groups (broad SMARTS) is 1. The van der Waals surface area contributed by atoms with E-state index in [1.54, 1.807) is 12.1 Å². The fourth-order valence-corrected chi connectivity index (χ4v) is 4.09. The number of ether oxygens (including phenoxy) is 3. The number of hydrogen-bond acceptors (Lipinski definition) is 4. The lowest BCUT2D eigenvalue weighted by atomic mass is 10.1. The number of unbranched alkanes of at least 4 members (excludes halogenated alkanes) is 6. The van der Waals surface area contributed by atoms with Crippen LogP contribution in [-0.2, 0) is 0 Å². The van der Waals surface area contributed by atoms with Gasteiger partial charge in [0.25, 0.3) is 0 Å². The smallest absolute Gasteiger partial charge is 0.335 e.